The van der Waals surface area contributed by atoms with Crippen LogP contribution in [0.4, 0.5) is 4.39 Å². The van der Waals surface area contributed by atoms with Crippen molar-refractivity contribution in [2.24, 2.45) is 5.92 Å². The minimum Gasteiger partial charge on any atom is -0.307 e. The average Bonchev–Trinajstić information content (AvgIpc) is 2.23. The number of hydrogen-bond acceptors (Lipinski definition) is 2. The van der Waals surface area contributed by atoms with E-state index in [1.165, 1.54) is 12.1 Å². The molecule has 0 aliphatic heterocycles. The Bertz CT molecular complexity index is 670. The van der Waals surface area contributed by atoms with Crippen LogP contribution in [0.25, 0.3) is 10.9 Å². The Morgan fingerprint density at radius 1 is 1.35 bits per heavy atom. The van der Waals surface area contributed by atoms with Crippen molar-refractivity contribution in [3.05, 3.63) is 44.9 Å². The number of hydrogen-bond donors (Lipinski definition) is 1. The molecule has 1 aromatic heterocycles. The van der Waals surface area contributed by atoms with Crippen LogP contribution in [0.15, 0.2) is 27.8 Å². The normalized spacial score (nSPS) is 11.3. The summed E-state index contributed by atoms with van der Waals surface area (Å²) in [5.74, 6) is -0.291. The molecule has 0 saturated heterocycles. The van der Waals surface area contributed by atoms with E-state index in [2.05, 4.69) is 4.98 Å². The highest BCUT2D eigenvalue weighted by Gasteiger charge is 2.09. The molecule has 0 atom stereocenters. The molecule has 0 fully saturated rings. The lowest BCUT2D eigenvalue weighted by atomic mass is 10.2. The minimum absolute atomic E-state index is 0.187. The molecule has 5 heteroatoms. The third-order valence-corrected chi connectivity index (χ3v) is 2.49. The molecule has 2 rings (SSSR count). The van der Waals surface area contributed by atoms with Crippen molar-refractivity contribution >= 4 is 10.9 Å². The first-order chi connectivity index (χ1) is 7.99. The zero-order valence-electron chi connectivity index (χ0n) is 9.66. The van der Waals surface area contributed by atoms with Gasteiger partial charge in [-0.15, -0.1) is 0 Å². The van der Waals surface area contributed by atoms with Crippen LogP contribution in [0, 0.1) is 11.7 Å². The molecule has 0 spiro atoms. The summed E-state index contributed by atoms with van der Waals surface area (Å²) < 4.78 is 14.1. The van der Waals surface area contributed by atoms with Gasteiger partial charge in [-0.2, -0.15) is 0 Å². The van der Waals surface area contributed by atoms with Gasteiger partial charge < -0.3 is 4.98 Å². The van der Waals surface area contributed by atoms with E-state index in [9.17, 15) is 14.0 Å². The van der Waals surface area contributed by atoms with Gasteiger partial charge in [0.15, 0.2) is 0 Å². The number of aromatic nitrogens is 2. The molecule has 0 saturated carbocycles. The summed E-state index contributed by atoms with van der Waals surface area (Å²) in [6.45, 7) is 4.18. The molecule has 1 aromatic carbocycles. The maximum absolute atomic E-state index is 13.0. The Hall–Kier alpha value is -1.91. The lowest BCUT2D eigenvalue weighted by Crippen LogP contribution is -2.36. The van der Waals surface area contributed by atoms with Crippen molar-refractivity contribution in [2.75, 3.05) is 0 Å². The lowest BCUT2D eigenvalue weighted by molar-refractivity contribution is 0.496. The van der Waals surface area contributed by atoms with Gasteiger partial charge in [-0.1, -0.05) is 13.8 Å². The van der Waals surface area contributed by atoms with Crippen LogP contribution in [-0.2, 0) is 6.54 Å². The number of rotatable bonds is 2. The lowest BCUT2D eigenvalue weighted by Gasteiger charge is -2.08. The molecule has 1 heterocycles. The Balaban J connectivity index is 2.77. The molecule has 1 N–H and O–H groups in total. The molecule has 0 aliphatic rings. The predicted octanol–water partition coefficient (Wildman–Crippen LogP) is 1.48. The fourth-order valence-corrected chi connectivity index (χ4v) is 1.76. The number of benzene rings is 1. The van der Waals surface area contributed by atoms with Crippen LogP contribution in [0.5, 0.6) is 0 Å². The van der Waals surface area contributed by atoms with Crippen LogP contribution in [0.1, 0.15) is 13.8 Å². The Labute approximate surface area is 96.7 Å². The van der Waals surface area contributed by atoms with Crippen LogP contribution >= 0.6 is 0 Å². The molecule has 2 aromatic rings. The van der Waals surface area contributed by atoms with Gasteiger partial charge in [0.05, 0.1) is 10.9 Å². The fourth-order valence-electron chi connectivity index (χ4n) is 1.76. The number of fused-ring (bicyclic) bond motifs is 1. The number of aromatic amines is 1. The van der Waals surface area contributed by atoms with Gasteiger partial charge in [0, 0.05) is 6.54 Å². The smallest absolute Gasteiger partial charge is 0.307 e. The monoisotopic (exact) mass is 236 g/mol. The van der Waals surface area contributed by atoms with Crippen LogP contribution in [0.3, 0.4) is 0 Å². The van der Waals surface area contributed by atoms with Gasteiger partial charge in [-0.25, -0.2) is 9.18 Å². The second-order valence-electron chi connectivity index (χ2n) is 4.43. The molecule has 0 amide bonds. The average molecular weight is 236 g/mol. The first-order valence-corrected chi connectivity index (χ1v) is 5.41. The quantitative estimate of drug-likeness (QED) is 0.858. The van der Waals surface area contributed by atoms with Gasteiger partial charge in [0.1, 0.15) is 5.82 Å². The van der Waals surface area contributed by atoms with E-state index in [1.54, 1.807) is 0 Å². The molecule has 90 valence electrons. The van der Waals surface area contributed by atoms with Gasteiger partial charge in [0.2, 0.25) is 0 Å². The maximum atomic E-state index is 13.0. The van der Waals surface area contributed by atoms with E-state index < -0.39 is 11.5 Å². The number of nitrogens with one attached hydrogen (secondary N) is 1. The van der Waals surface area contributed by atoms with Gasteiger partial charge in [-0.3, -0.25) is 9.36 Å². The second-order valence-corrected chi connectivity index (χ2v) is 4.43. The number of nitrogens with zero attached hydrogens (tertiary/aromatic N) is 1. The second kappa shape index (κ2) is 4.16. The molecule has 4 nitrogen and oxygen atoms in total. The molecular formula is C12H13FN2O2. The van der Waals surface area contributed by atoms with E-state index in [0.29, 0.717) is 11.9 Å². The van der Waals surface area contributed by atoms with Crippen molar-refractivity contribution in [1.82, 2.24) is 9.55 Å². The molecule has 17 heavy (non-hydrogen) atoms. The molecular weight excluding hydrogens is 223 g/mol. The third-order valence-electron chi connectivity index (χ3n) is 2.49. The summed E-state index contributed by atoms with van der Waals surface area (Å²) in [6, 6.07) is 3.75. The fraction of sp³-hybridized carbons (Fsp3) is 0.333. The van der Waals surface area contributed by atoms with Crippen LogP contribution in [-0.4, -0.2) is 9.55 Å². The standard InChI is InChI=1S/C12H13FN2O2/c1-7(2)6-15-11(16)9-4-3-8(13)5-10(9)14-12(15)17/h3-5,7H,6H2,1-2H3,(H,14,17). The molecule has 0 bridgehead atoms. The first-order valence-electron chi connectivity index (χ1n) is 5.41. The highest BCUT2D eigenvalue weighted by atomic mass is 19.1. The molecule has 0 radical (unpaired) electrons. The topological polar surface area (TPSA) is 54.9 Å². The largest absolute Gasteiger partial charge is 0.328 e. The summed E-state index contributed by atoms with van der Waals surface area (Å²) in [4.78, 5) is 26.2. The highest BCUT2D eigenvalue weighted by Crippen LogP contribution is 2.07. The Morgan fingerprint density at radius 3 is 2.71 bits per heavy atom. The summed E-state index contributed by atoms with van der Waals surface area (Å²) in [5.41, 5.74) is -0.640. The summed E-state index contributed by atoms with van der Waals surface area (Å²) in [7, 11) is 0. The summed E-state index contributed by atoms with van der Waals surface area (Å²) in [6.07, 6.45) is 0. The van der Waals surface area contributed by atoms with E-state index in [-0.39, 0.29) is 17.0 Å². The Kier molecular flexibility index (Phi) is 2.83. The van der Waals surface area contributed by atoms with Gasteiger partial charge in [0.25, 0.3) is 5.56 Å². The number of H-pyrrole nitrogens is 1. The third kappa shape index (κ3) is 2.13. The van der Waals surface area contributed by atoms with Crippen molar-refractivity contribution in [3.63, 3.8) is 0 Å². The van der Waals surface area contributed by atoms with Crippen LogP contribution in [0.2, 0.25) is 0 Å². The first kappa shape index (κ1) is 11.6. The van der Waals surface area contributed by atoms with Gasteiger partial charge >= 0.3 is 5.69 Å². The van der Waals surface area contributed by atoms with Crippen molar-refractivity contribution in [2.45, 2.75) is 20.4 Å². The maximum Gasteiger partial charge on any atom is 0.328 e. The minimum atomic E-state index is -0.498. The van der Waals surface area contributed by atoms with E-state index in [4.69, 9.17) is 0 Å². The van der Waals surface area contributed by atoms with E-state index in [0.717, 1.165) is 10.6 Å². The van der Waals surface area contributed by atoms with Crippen molar-refractivity contribution < 1.29 is 4.39 Å². The van der Waals surface area contributed by atoms with E-state index in [1.807, 2.05) is 13.8 Å². The molecule has 0 unspecified atom stereocenters. The van der Waals surface area contributed by atoms with Gasteiger partial charge in [-0.05, 0) is 24.1 Å². The summed E-state index contributed by atoms with van der Waals surface area (Å²) >= 11 is 0. The molecule has 0 aliphatic carbocycles. The summed E-state index contributed by atoms with van der Waals surface area (Å²) in [5, 5.41) is 0.326. The predicted molar refractivity (Wildman–Crippen MR) is 63.6 cm³/mol. The van der Waals surface area contributed by atoms with Crippen molar-refractivity contribution in [1.29, 1.82) is 0 Å². The Morgan fingerprint density at radius 2 is 2.06 bits per heavy atom. The highest BCUT2D eigenvalue weighted by molar-refractivity contribution is 5.77. The van der Waals surface area contributed by atoms with Crippen molar-refractivity contribution in [3.8, 4) is 0 Å². The zero-order chi connectivity index (χ0) is 12.6. The zero-order valence-corrected chi connectivity index (χ0v) is 9.66. The van der Waals surface area contributed by atoms with E-state index >= 15 is 0 Å². The van der Waals surface area contributed by atoms with Crippen LogP contribution < -0.4 is 11.2 Å². The number of halogens is 1. The SMILES string of the molecule is CC(C)Cn1c(=O)[nH]c2cc(F)ccc2c1=O.